The van der Waals surface area contributed by atoms with Crippen molar-refractivity contribution >= 4 is 29.7 Å². The molecule has 1 heterocycles. The lowest BCUT2D eigenvalue weighted by molar-refractivity contribution is -0.126. The molecule has 0 radical (unpaired) electrons. The second kappa shape index (κ2) is 9.67. The lowest BCUT2D eigenvalue weighted by Gasteiger charge is -2.24. The molecule has 1 saturated heterocycles. The van der Waals surface area contributed by atoms with Crippen LogP contribution in [-0.4, -0.2) is 23.4 Å². The molecule has 0 aromatic heterocycles. The predicted octanol–water partition coefficient (Wildman–Crippen LogP) is 5.68. The average Bonchev–Trinajstić information content (AvgIpc) is 3.11. The number of hydrogen-bond acceptors (Lipinski definition) is 4. The van der Waals surface area contributed by atoms with Crippen LogP contribution in [0.2, 0.25) is 0 Å². The zero-order chi connectivity index (χ0) is 21.6. The van der Waals surface area contributed by atoms with Crippen LogP contribution in [0.25, 0.3) is 6.08 Å². The molecule has 1 fully saturated rings. The second-order valence-corrected chi connectivity index (χ2v) is 8.27. The molecule has 1 aliphatic rings. The van der Waals surface area contributed by atoms with Gasteiger partial charge in [0.15, 0.2) is 0 Å². The van der Waals surface area contributed by atoms with Gasteiger partial charge in [-0.15, -0.1) is 0 Å². The lowest BCUT2D eigenvalue weighted by Crippen LogP contribution is -2.27. The zero-order valence-corrected chi connectivity index (χ0v) is 18.0. The number of benzene rings is 3. The van der Waals surface area contributed by atoms with E-state index in [9.17, 15) is 9.59 Å². The highest BCUT2D eigenvalue weighted by Gasteiger charge is 2.37. The summed E-state index contributed by atoms with van der Waals surface area (Å²) in [6, 6.07) is 27.2. The van der Waals surface area contributed by atoms with Crippen molar-refractivity contribution in [1.82, 2.24) is 4.90 Å². The first-order valence-electron chi connectivity index (χ1n) is 10.2. The summed E-state index contributed by atoms with van der Waals surface area (Å²) in [4.78, 5) is 27.8. The van der Waals surface area contributed by atoms with Gasteiger partial charge in [0.25, 0.3) is 5.91 Å². The first-order valence-corrected chi connectivity index (χ1v) is 11.1. The molecule has 0 N–H and O–H groups in total. The summed E-state index contributed by atoms with van der Waals surface area (Å²) >= 11 is 1.57. The Morgan fingerprint density at radius 3 is 2.26 bits per heavy atom. The molecule has 31 heavy (non-hydrogen) atoms. The first-order chi connectivity index (χ1) is 15.2. The molecule has 4 nitrogen and oxygen atoms in total. The molecule has 3 aromatic carbocycles. The smallest absolute Gasteiger partial charge is 0.338 e. The SMILES string of the molecule is CCOC(=O)c1ccc(CN2C(=O)/C(=C/c3ccccc3)SC2c2ccccc2)cc1. The number of rotatable bonds is 6. The van der Waals surface area contributed by atoms with Crippen LogP contribution < -0.4 is 0 Å². The normalized spacial score (nSPS) is 17.2. The minimum atomic E-state index is -0.336. The van der Waals surface area contributed by atoms with Crippen molar-refractivity contribution in [2.24, 2.45) is 0 Å². The van der Waals surface area contributed by atoms with E-state index in [0.717, 1.165) is 21.6 Å². The molecular formula is C26H23NO3S. The predicted molar refractivity (Wildman–Crippen MR) is 124 cm³/mol. The van der Waals surface area contributed by atoms with E-state index in [1.807, 2.05) is 83.8 Å². The monoisotopic (exact) mass is 429 g/mol. The minimum absolute atomic E-state index is 0.0113. The summed E-state index contributed by atoms with van der Waals surface area (Å²) in [6.45, 7) is 2.59. The van der Waals surface area contributed by atoms with Crippen molar-refractivity contribution < 1.29 is 14.3 Å². The van der Waals surface area contributed by atoms with Crippen LogP contribution >= 0.6 is 11.8 Å². The summed E-state index contributed by atoms with van der Waals surface area (Å²) in [5.74, 6) is -0.325. The first kappa shape index (κ1) is 20.9. The van der Waals surface area contributed by atoms with Gasteiger partial charge in [-0.3, -0.25) is 4.79 Å². The highest BCUT2D eigenvalue weighted by molar-refractivity contribution is 8.04. The summed E-state index contributed by atoms with van der Waals surface area (Å²) in [5, 5.41) is -0.103. The Labute approximate surface area is 186 Å². The lowest BCUT2D eigenvalue weighted by atomic mass is 10.1. The van der Waals surface area contributed by atoms with Gasteiger partial charge in [0, 0.05) is 6.54 Å². The van der Waals surface area contributed by atoms with E-state index in [2.05, 4.69) is 0 Å². The molecular weight excluding hydrogens is 406 g/mol. The number of hydrogen-bond donors (Lipinski definition) is 0. The molecule has 3 aromatic rings. The summed E-state index contributed by atoms with van der Waals surface area (Å²) in [5.41, 5.74) is 3.56. The summed E-state index contributed by atoms with van der Waals surface area (Å²) < 4.78 is 5.05. The Balaban J connectivity index is 1.61. The topological polar surface area (TPSA) is 46.6 Å². The van der Waals surface area contributed by atoms with Crippen LogP contribution in [0.15, 0.2) is 89.8 Å². The second-order valence-electron chi connectivity index (χ2n) is 7.15. The van der Waals surface area contributed by atoms with Crippen LogP contribution in [0.1, 0.15) is 39.3 Å². The maximum absolute atomic E-state index is 13.3. The number of esters is 1. The molecule has 0 aliphatic carbocycles. The number of carbonyl (C=O) groups is 2. The van der Waals surface area contributed by atoms with E-state index in [1.165, 1.54) is 0 Å². The van der Waals surface area contributed by atoms with E-state index in [4.69, 9.17) is 4.74 Å². The number of carbonyl (C=O) groups excluding carboxylic acids is 2. The van der Waals surface area contributed by atoms with Gasteiger partial charge in [0.2, 0.25) is 0 Å². The Hall–Kier alpha value is -3.31. The van der Waals surface area contributed by atoms with Crippen LogP contribution in [0, 0.1) is 0 Å². The van der Waals surface area contributed by atoms with E-state index in [1.54, 1.807) is 30.8 Å². The molecule has 0 spiro atoms. The van der Waals surface area contributed by atoms with Crippen LogP contribution in [-0.2, 0) is 16.1 Å². The fraction of sp³-hybridized carbons (Fsp3) is 0.154. The van der Waals surface area contributed by atoms with Crippen molar-refractivity contribution in [2.75, 3.05) is 6.61 Å². The number of amides is 1. The maximum atomic E-state index is 13.3. The van der Waals surface area contributed by atoms with E-state index in [-0.39, 0.29) is 17.3 Å². The number of ether oxygens (including phenoxy) is 1. The van der Waals surface area contributed by atoms with Crippen molar-refractivity contribution in [3.8, 4) is 0 Å². The molecule has 0 saturated carbocycles. The van der Waals surface area contributed by atoms with Gasteiger partial charge in [0.1, 0.15) is 5.37 Å². The van der Waals surface area contributed by atoms with E-state index in [0.29, 0.717) is 18.7 Å². The third kappa shape index (κ3) is 4.89. The van der Waals surface area contributed by atoms with Crippen molar-refractivity contribution in [3.63, 3.8) is 0 Å². The van der Waals surface area contributed by atoms with Gasteiger partial charge in [-0.1, -0.05) is 84.6 Å². The molecule has 4 rings (SSSR count). The Kier molecular flexibility index (Phi) is 6.53. The highest BCUT2D eigenvalue weighted by Crippen LogP contribution is 2.46. The fourth-order valence-electron chi connectivity index (χ4n) is 3.46. The number of nitrogens with zero attached hydrogens (tertiary/aromatic N) is 1. The Bertz CT molecular complexity index is 1080. The Morgan fingerprint density at radius 2 is 1.61 bits per heavy atom. The highest BCUT2D eigenvalue weighted by atomic mass is 32.2. The largest absolute Gasteiger partial charge is 0.462 e. The summed E-state index contributed by atoms with van der Waals surface area (Å²) in [6.07, 6.45) is 1.95. The molecule has 156 valence electrons. The molecule has 5 heteroatoms. The van der Waals surface area contributed by atoms with Crippen LogP contribution in [0.4, 0.5) is 0 Å². The molecule has 1 aliphatic heterocycles. The quantitative estimate of drug-likeness (QED) is 0.374. The van der Waals surface area contributed by atoms with Gasteiger partial charge in [-0.2, -0.15) is 0 Å². The van der Waals surface area contributed by atoms with Crippen molar-refractivity contribution in [2.45, 2.75) is 18.8 Å². The summed E-state index contributed by atoms with van der Waals surface area (Å²) in [7, 11) is 0. The van der Waals surface area contributed by atoms with Gasteiger partial charge in [-0.25, -0.2) is 4.79 Å². The standard InChI is InChI=1S/C26H23NO3S/c1-2-30-26(29)22-15-13-20(14-16-22)18-27-24(28)23(17-19-9-5-3-6-10-19)31-25(27)21-11-7-4-8-12-21/h3-17,25H,2,18H2,1H3/b23-17-. The van der Waals surface area contributed by atoms with Gasteiger partial charge >= 0.3 is 5.97 Å². The van der Waals surface area contributed by atoms with Crippen LogP contribution in [0.3, 0.4) is 0 Å². The van der Waals surface area contributed by atoms with E-state index >= 15 is 0 Å². The average molecular weight is 430 g/mol. The van der Waals surface area contributed by atoms with Gasteiger partial charge in [-0.05, 0) is 41.8 Å². The maximum Gasteiger partial charge on any atom is 0.338 e. The Morgan fingerprint density at radius 1 is 0.968 bits per heavy atom. The molecule has 1 atom stereocenters. The number of thioether (sulfide) groups is 1. The molecule has 1 amide bonds. The molecule has 0 bridgehead atoms. The van der Waals surface area contributed by atoms with Gasteiger partial charge < -0.3 is 9.64 Å². The third-order valence-electron chi connectivity index (χ3n) is 4.99. The van der Waals surface area contributed by atoms with Crippen molar-refractivity contribution in [1.29, 1.82) is 0 Å². The third-order valence-corrected chi connectivity index (χ3v) is 6.29. The van der Waals surface area contributed by atoms with Gasteiger partial charge in [0.05, 0.1) is 17.1 Å². The molecule has 1 unspecified atom stereocenters. The van der Waals surface area contributed by atoms with Crippen molar-refractivity contribution in [3.05, 3.63) is 112 Å². The van der Waals surface area contributed by atoms with Crippen LogP contribution in [0.5, 0.6) is 0 Å². The fourth-order valence-corrected chi connectivity index (χ4v) is 4.71. The van der Waals surface area contributed by atoms with E-state index < -0.39 is 0 Å². The minimum Gasteiger partial charge on any atom is -0.462 e. The zero-order valence-electron chi connectivity index (χ0n) is 17.2.